The zero-order chi connectivity index (χ0) is 12.3. The third kappa shape index (κ3) is 2.25. The zero-order valence-electron chi connectivity index (χ0n) is 11.5. The van der Waals surface area contributed by atoms with Gasteiger partial charge in [-0.1, -0.05) is 20.3 Å². The van der Waals surface area contributed by atoms with Crippen LogP contribution in [0.25, 0.3) is 0 Å². The Bertz CT molecular complexity index is 228. The normalized spacial score (nSPS) is 24.9. The molecule has 0 spiro atoms. The quantitative estimate of drug-likeness (QED) is 0.552. The van der Waals surface area contributed by atoms with E-state index in [1.165, 1.54) is 58.0 Å². The minimum absolute atomic E-state index is 0.302. The van der Waals surface area contributed by atoms with Gasteiger partial charge in [-0.15, -0.1) is 0 Å². The van der Waals surface area contributed by atoms with Crippen LogP contribution in [0.3, 0.4) is 0 Å². The summed E-state index contributed by atoms with van der Waals surface area (Å²) in [4.78, 5) is 2.72. The van der Waals surface area contributed by atoms with E-state index in [1.807, 2.05) is 0 Å². The number of nitrogens with two attached hydrogens (primary N) is 1. The monoisotopic (exact) mass is 239 g/mol. The molecule has 1 atom stereocenters. The summed E-state index contributed by atoms with van der Waals surface area (Å²) in [7, 11) is 0. The first-order valence-electron chi connectivity index (χ1n) is 7.49. The number of nitrogens with one attached hydrogen (secondary N) is 1. The maximum Gasteiger partial charge on any atom is 0.0422 e. The summed E-state index contributed by atoms with van der Waals surface area (Å²) in [5, 5.41) is 0. The molecule has 0 radical (unpaired) electrons. The lowest BCUT2D eigenvalue weighted by atomic mass is 9.69. The van der Waals surface area contributed by atoms with E-state index < -0.39 is 0 Å². The fraction of sp³-hybridized carbons (Fsp3) is 1.00. The van der Waals surface area contributed by atoms with Crippen LogP contribution in [0, 0.1) is 5.92 Å². The molecule has 3 N–H and O–H groups in total. The zero-order valence-corrected chi connectivity index (χ0v) is 11.5. The average molecular weight is 239 g/mol. The number of nitrogens with zero attached hydrogens (tertiary/aromatic N) is 1. The molecule has 1 saturated heterocycles. The predicted molar refractivity (Wildman–Crippen MR) is 72.6 cm³/mol. The number of rotatable bonds is 6. The van der Waals surface area contributed by atoms with Gasteiger partial charge in [-0.2, -0.15) is 0 Å². The summed E-state index contributed by atoms with van der Waals surface area (Å²) in [5.74, 6) is 6.72. The Hall–Kier alpha value is -0.120. The molecule has 2 aliphatic rings. The van der Waals surface area contributed by atoms with Crippen molar-refractivity contribution in [2.24, 2.45) is 11.8 Å². The highest BCUT2D eigenvalue weighted by atomic mass is 15.3. The van der Waals surface area contributed by atoms with Crippen LogP contribution in [0.2, 0.25) is 0 Å². The largest absolute Gasteiger partial charge is 0.296 e. The fourth-order valence-corrected chi connectivity index (χ4v) is 4.00. The number of hydrazine groups is 1. The summed E-state index contributed by atoms with van der Waals surface area (Å²) in [5.41, 5.74) is 3.48. The van der Waals surface area contributed by atoms with E-state index in [0.717, 1.165) is 5.92 Å². The van der Waals surface area contributed by atoms with Crippen LogP contribution in [0.1, 0.15) is 58.8 Å². The average Bonchev–Trinajstić information content (AvgIpc) is 2.81. The van der Waals surface area contributed by atoms with E-state index in [-0.39, 0.29) is 0 Å². The summed E-state index contributed by atoms with van der Waals surface area (Å²) in [6.45, 7) is 7.22. The highest BCUT2D eigenvalue weighted by Crippen LogP contribution is 2.40. The number of hydrogen-bond donors (Lipinski definition) is 2. The number of hydrogen-bond acceptors (Lipinski definition) is 3. The second-order valence-electron chi connectivity index (χ2n) is 5.84. The molecule has 0 bridgehead atoms. The van der Waals surface area contributed by atoms with Gasteiger partial charge in [-0.3, -0.25) is 16.2 Å². The molecule has 0 amide bonds. The minimum atomic E-state index is 0.302. The summed E-state index contributed by atoms with van der Waals surface area (Å²) < 4.78 is 0. The van der Waals surface area contributed by atoms with Crippen LogP contribution in [0.5, 0.6) is 0 Å². The highest BCUT2D eigenvalue weighted by Gasteiger charge is 2.46. The van der Waals surface area contributed by atoms with E-state index in [9.17, 15) is 0 Å². The molecule has 2 rings (SSSR count). The van der Waals surface area contributed by atoms with Crippen LogP contribution < -0.4 is 11.3 Å². The molecular formula is C14H29N3. The van der Waals surface area contributed by atoms with Gasteiger partial charge in [0.15, 0.2) is 0 Å². The van der Waals surface area contributed by atoms with Gasteiger partial charge in [0.05, 0.1) is 0 Å². The second kappa shape index (κ2) is 5.68. The molecule has 1 aliphatic carbocycles. The lowest BCUT2D eigenvalue weighted by molar-refractivity contribution is 0.0181. The Kier molecular flexibility index (Phi) is 4.45. The maximum atomic E-state index is 5.91. The Morgan fingerprint density at radius 1 is 1.18 bits per heavy atom. The smallest absolute Gasteiger partial charge is 0.0422 e. The summed E-state index contributed by atoms with van der Waals surface area (Å²) in [6.07, 6.45) is 9.29. The molecule has 3 nitrogen and oxygen atoms in total. The molecule has 1 saturated carbocycles. The van der Waals surface area contributed by atoms with Gasteiger partial charge in [0.2, 0.25) is 0 Å². The highest BCUT2D eigenvalue weighted by molar-refractivity contribution is 5.03. The van der Waals surface area contributed by atoms with Crippen molar-refractivity contribution in [3.63, 3.8) is 0 Å². The van der Waals surface area contributed by atoms with Gasteiger partial charge < -0.3 is 0 Å². The molecule has 0 aromatic rings. The standard InChI is InChI=1S/C14H29N3/c1-3-14(4-2,17-10-5-6-11-17)13(16-15)12-8-7-9-12/h12-13,16H,3-11,15H2,1-2H3. The topological polar surface area (TPSA) is 41.3 Å². The van der Waals surface area contributed by atoms with Crippen LogP contribution in [-0.4, -0.2) is 29.6 Å². The van der Waals surface area contributed by atoms with Crippen molar-refractivity contribution in [2.45, 2.75) is 70.4 Å². The van der Waals surface area contributed by atoms with Crippen LogP contribution in [0.4, 0.5) is 0 Å². The summed E-state index contributed by atoms with van der Waals surface area (Å²) >= 11 is 0. The lowest BCUT2D eigenvalue weighted by Crippen LogP contribution is -2.65. The Morgan fingerprint density at radius 2 is 1.76 bits per heavy atom. The van der Waals surface area contributed by atoms with E-state index in [2.05, 4.69) is 24.2 Å². The third-order valence-electron chi connectivity index (χ3n) is 5.34. The van der Waals surface area contributed by atoms with Crippen molar-refractivity contribution >= 4 is 0 Å². The van der Waals surface area contributed by atoms with Gasteiger partial charge in [-0.05, 0) is 57.5 Å². The third-order valence-corrected chi connectivity index (χ3v) is 5.34. The molecule has 2 fully saturated rings. The molecular weight excluding hydrogens is 210 g/mol. The molecule has 1 unspecified atom stereocenters. The Labute approximate surface area is 106 Å². The van der Waals surface area contributed by atoms with Crippen molar-refractivity contribution in [3.8, 4) is 0 Å². The molecule has 1 heterocycles. The van der Waals surface area contributed by atoms with Crippen LogP contribution >= 0.6 is 0 Å². The van der Waals surface area contributed by atoms with E-state index in [4.69, 9.17) is 5.84 Å². The van der Waals surface area contributed by atoms with Crippen molar-refractivity contribution < 1.29 is 0 Å². The van der Waals surface area contributed by atoms with Crippen molar-refractivity contribution in [2.75, 3.05) is 13.1 Å². The van der Waals surface area contributed by atoms with Crippen molar-refractivity contribution in [3.05, 3.63) is 0 Å². The molecule has 17 heavy (non-hydrogen) atoms. The number of likely N-dealkylation sites (tertiary alicyclic amines) is 1. The molecule has 3 heteroatoms. The van der Waals surface area contributed by atoms with Crippen LogP contribution in [-0.2, 0) is 0 Å². The van der Waals surface area contributed by atoms with E-state index in [0.29, 0.717) is 11.6 Å². The second-order valence-corrected chi connectivity index (χ2v) is 5.84. The lowest BCUT2D eigenvalue weighted by Gasteiger charge is -2.51. The Morgan fingerprint density at radius 3 is 2.12 bits per heavy atom. The first-order valence-corrected chi connectivity index (χ1v) is 7.49. The van der Waals surface area contributed by atoms with Gasteiger partial charge in [-0.25, -0.2) is 0 Å². The first-order chi connectivity index (χ1) is 8.28. The molecule has 1 aliphatic heterocycles. The fourth-order valence-electron chi connectivity index (χ4n) is 4.00. The maximum absolute atomic E-state index is 5.91. The minimum Gasteiger partial charge on any atom is -0.296 e. The predicted octanol–water partition coefficient (Wildman–Crippen LogP) is 2.27. The SMILES string of the molecule is CCC(CC)(C(NN)C1CCC1)N1CCCC1. The molecule has 100 valence electrons. The first kappa shape index (κ1) is 13.3. The van der Waals surface area contributed by atoms with E-state index in [1.54, 1.807) is 0 Å². The Balaban J connectivity index is 2.16. The molecule has 0 aromatic heterocycles. The van der Waals surface area contributed by atoms with Gasteiger partial charge >= 0.3 is 0 Å². The van der Waals surface area contributed by atoms with Gasteiger partial charge in [0.25, 0.3) is 0 Å². The van der Waals surface area contributed by atoms with E-state index >= 15 is 0 Å². The van der Waals surface area contributed by atoms with Crippen molar-refractivity contribution in [1.29, 1.82) is 0 Å². The van der Waals surface area contributed by atoms with Crippen molar-refractivity contribution in [1.82, 2.24) is 10.3 Å². The summed E-state index contributed by atoms with van der Waals surface area (Å²) in [6, 6.07) is 0.490. The van der Waals surface area contributed by atoms with Gasteiger partial charge in [0, 0.05) is 11.6 Å². The van der Waals surface area contributed by atoms with Gasteiger partial charge in [0.1, 0.15) is 0 Å². The molecule has 0 aromatic carbocycles. The van der Waals surface area contributed by atoms with Crippen LogP contribution in [0.15, 0.2) is 0 Å².